The summed E-state index contributed by atoms with van der Waals surface area (Å²) in [4.78, 5) is 38.7. The van der Waals surface area contributed by atoms with Crippen molar-refractivity contribution in [3.63, 3.8) is 0 Å². The molecular weight excluding hydrogens is 408 g/mol. The smallest absolute Gasteiger partial charge is 0.351 e. The Balaban J connectivity index is 2.09. The number of rotatable bonds is 4. The monoisotopic (exact) mass is 442 g/mol. The predicted octanol–water partition coefficient (Wildman–Crippen LogP) is 4.75. The maximum absolute atomic E-state index is 13.2. The van der Waals surface area contributed by atoms with Gasteiger partial charge in [-0.05, 0) is 61.8 Å². The summed E-state index contributed by atoms with van der Waals surface area (Å²) in [5.74, 6) is -2.32. The molecule has 6 nitrogen and oxygen atoms in total. The van der Waals surface area contributed by atoms with Gasteiger partial charge in [-0.2, -0.15) is 0 Å². The Kier molecular flexibility index (Phi) is 6.55. The van der Waals surface area contributed by atoms with Crippen molar-refractivity contribution >= 4 is 17.9 Å². The van der Waals surface area contributed by atoms with Crippen LogP contribution in [0.25, 0.3) is 0 Å². The number of hydrogen-bond acceptors (Lipinski definition) is 6. The molecule has 0 aromatic carbocycles. The molecule has 4 unspecified atom stereocenters. The minimum atomic E-state index is -1.56. The number of esters is 3. The van der Waals surface area contributed by atoms with E-state index in [0.717, 1.165) is 23.1 Å². The molecule has 0 radical (unpaired) electrons. The summed E-state index contributed by atoms with van der Waals surface area (Å²) < 4.78 is 17.7. The third kappa shape index (κ3) is 3.96. The van der Waals surface area contributed by atoms with Crippen LogP contribution in [-0.2, 0) is 28.6 Å². The van der Waals surface area contributed by atoms with Gasteiger partial charge >= 0.3 is 17.9 Å². The van der Waals surface area contributed by atoms with Gasteiger partial charge in [0.25, 0.3) is 0 Å². The topological polar surface area (TPSA) is 78.9 Å². The van der Waals surface area contributed by atoms with Crippen molar-refractivity contribution in [2.75, 3.05) is 0 Å². The lowest BCUT2D eigenvalue weighted by Gasteiger charge is -2.35. The molecular formula is C26H34O6. The fourth-order valence-electron chi connectivity index (χ4n) is 4.91. The molecule has 6 heteroatoms. The number of ether oxygens (including phenoxy) is 3. The summed E-state index contributed by atoms with van der Waals surface area (Å²) in [6, 6.07) is 0. The Morgan fingerprint density at radius 2 is 1.81 bits per heavy atom. The van der Waals surface area contributed by atoms with Crippen LogP contribution in [0.3, 0.4) is 0 Å². The number of hydrogen-bond donors (Lipinski definition) is 0. The highest BCUT2D eigenvalue weighted by Gasteiger charge is 2.64. The highest BCUT2D eigenvalue weighted by Crippen LogP contribution is 2.52. The Morgan fingerprint density at radius 1 is 1.16 bits per heavy atom. The first-order valence-electron chi connectivity index (χ1n) is 11.2. The van der Waals surface area contributed by atoms with E-state index in [1.54, 1.807) is 33.8 Å². The molecule has 0 N–H and O–H groups in total. The summed E-state index contributed by atoms with van der Waals surface area (Å²) in [5.41, 5.74) is 3.67. The van der Waals surface area contributed by atoms with Gasteiger partial charge in [0.1, 0.15) is 12.2 Å². The van der Waals surface area contributed by atoms with Gasteiger partial charge < -0.3 is 14.2 Å². The van der Waals surface area contributed by atoms with Crippen LogP contribution in [0, 0.1) is 11.8 Å². The van der Waals surface area contributed by atoms with Crippen LogP contribution in [0.2, 0.25) is 0 Å². The van der Waals surface area contributed by atoms with Gasteiger partial charge in [-0.15, -0.1) is 0 Å². The molecule has 3 rings (SSSR count). The lowest BCUT2D eigenvalue weighted by Crippen LogP contribution is -2.50. The zero-order chi connectivity index (χ0) is 24.0. The van der Waals surface area contributed by atoms with E-state index in [1.165, 1.54) is 5.57 Å². The van der Waals surface area contributed by atoms with E-state index in [0.29, 0.717) is 17.6 Å². The van der Waals surface area contributed by atoms with Crippen molar-refractivity contribution in [3.8, 4) is 0 Å². The maximum atomic E-state index is 13.2. The van der Waals surface area contributed by atoms with Gasteiger partial charge in [-0.3, -0.25) is 0 Å². The second kappa shape index (κ2) is 8.72. The van der Waals surface area contributed by atoms with Crippen molar-refractivity contribution in [3.05, 3.63) is 45.6 Å². The van der Waals surface area contributed by atoms with Crippen molar-refractivity contribution in [1.29, 1.82) is 0 Å². The van der Waals surface area contributed by atoms with Crippen LogP contribution in [-0.4, -0.2) is 35.7 Å². The molecule has 2 aliphatic carbocycles. The molecule has 0 amide bonds. The average Bonchev–Trinajstić information content (AvgIpc) is 3.19. The van der Waals surface area contributed by atoms with Gasteiger partial charge in [0.05, 0.1) is 5.92 Å². The third-order valence-electron chi connectivity index (χ3n) is 7.31. The Morgan fingerprint density at radius 3 is 2.41 bits per heavy atom. The SMILES string of the molecule is C/C=C(\C)C(=O)O[C@]1(C)C(=O)OC2C3C(C)=CCC3=C(C)CC(OC(=O)C(C)=C(C)C)C21. The first-order valence-corrected chi connectivity index (χ1v) is 11.2. The van der Waals surface area contributed by atoms with Gasteiger partial charge in [0.2, 0.25) is 5.60 Å². The number of allylic oxidation sites excluding steroid dienone is 3. The maximum Gasteiger partial charge on any atom is 0.351 e. The molecule has 32 heavy (non-hydrogen) atoms. The van der Waals surface area contributed by atoms with E-state index in [2.05, 4.69) is 6.08 Å². The molecule has 1 fully saturated rings. The molecule has 0 spiro atoms. The quantitative estimate of drug-likeness (QED) is 0.271. The number of fused-ring (bicyclic) bond motifs is 3. The first-order chi connectivity index (χ1) is 14.9. The summed E-state index contributed by atoms with van der Waals surface area (Å²) in [5, 5.41) is 0. The van der Waals surface area contributed by atoms with E-state index >= 15 is 0 Å². The fourth-order valence-corrected chi connectivity index (χ4v) is 4.91. The van der Waals surface area contributed by atoms with Crippen LogP contribution in [0.5, 0.6) is 0 Å². The average molecular weight is 443 g/mol. The highest BCUT2D eigenvalue weighted by atomic mass is 16.6. The molecule has 0 aromatic heterocycles. The third-order valence-corrected chi connectivity index (χ3v) is 7.31. The number of carbonyl (C=O) groups is 3. The predicted molar refractivity (Wildman–Crippen MR) is 120 cm³/mol. The highest BCUT2D eigenvalue weighted by molar-refractivity contribution is 5.92. The summed E-state index contributed by atoms with van der Waals surface area (Å²) in [6.07, 6.45) is 3.80. The summed E-state index contributed by atoms with van der Waals surface area (Å²) in [7, 11) is 0. The number of carbonyl (C=O) groups excluding carboxylic acids is 3. The van der Waals surface area contributed by atoms with E-state index in [1.807, 2.05) is 27.7 Å². The van der Waals surface area contributed by atoms with Crippen LogP contribution < -0.4 is 0 Å². The Hall–Kier alpha value is -2.63. The molecule has 174 valence electrons. The molecule has 0 saturated carbocycles. The minimum Gasteiger partial charge on any atom is -0.458 e. The molecule has 1 heterocycles. The second-order valence-corrected chi connectivity index (χ2v) is 9.57. The van der Waals surface area contributed by atoms with Gasteiger partial charge in [0.15, 0.2) is 0 Å². The Bertz CT molecular complexity index is 974. The van der Waals surface area contributed by atoms with Gasteiger partial charge in [-0.25, -0.2) is 14.4 Å². The van der Waals surface area contributed by atoms with Crippen LogP contribution in [0.15, 0.2) is 45.6 Å². The molecule has 0 aromatic rings. The second-order valence-electron chi connectivity index (χ2n) is 9.57. The first kappa shape index (κ1) is 24.0. The molecule has 3 aliphatic rings. The Labute approximate surface area is 190 Å². The summed E-state index contributed by atoms with van der Waals surface area (Å²) in [6.45, 7) is 14.5. The van der Waals surface area contributed by atoms with Gasteiger partial charge in [0, 0.05) is 23.5 Å². The lowest BCUT2D eigenvalue weighted by atomic mass is 9.77. The van der Waals surface area contributed by atoms with Crippen LogP contribution in [0.1, 0.15) is 68.2 Å². The normalized spacial score (nSPS) is 31.8. The fraction of sp³-hybridized carbons (Fsp3) is 0.577. The zero-order valence-electron chi connectivity index (χ0n) is 20.3. The van der Waals surface area contributed by atoms with Gasteiger partial charge in [-0.1, -0.05) is 34.4 Å². The van der Waals surface area contributed by atoms with Crippen LogP contribution >= 0.6 is 0 Å². The standard InChI is InChI=1S/C26H34O6/c1-9-14(4)23(27)32-26(8)21-19(30-24(28)17(7)13(2)3)12-16(6)18-11-10-15(5)20(18)22(21)31-25(26)29/h9-10,19-22H,11-12H2,1-8H3/b14-9+/t19?,20?,21?,22?,26-/m0/s1. The van der Waals surface area contributed by atoms with E-state index in [9.17, 15) is 14.4 Å². The van der Waals surface area contributed by atoms with E-state index in [4.69, 9.17) is 14.2 Å². The summed E-state index contributed by atoms with van der Waals surface area (Å²) >= 11 is 0. The van der Waals surface area contributed by atoms with Crippen molar-refractivity contribution < 1.29 is 28.6 Å². The molecule has 1 aliphatic heterocycles. The molecule has 1 saturated heterocycles. The van der Waals surface area contributed by atoms with Crippen molar-refractivity contribution in [2.24, 2.45) is 11.8 Å². The van der Waals surface area contributed by atoms with Crippen molar-refractivity contribution in [2.45, 2.75) is 86.0 Å². The van der Waals surface area contributed by atoms with Crippen molar-refractivity contribution in [1.82, 2.24) is 0 Å². The largest absolute Gasteiger partial charge is 0.458 e. The van der Waals surface area contributed by atoms with E-state index < -0.39 is 41.6 Å². The zero-order valence-corrected chi connectivity index (χ0v) is 20.3. The lowest BCUT2D eigenvalue weighted by molar-refractivity contribution is -0.175. The minimum absolute atomic E-state index is 0.0967. The van der Waals surface area contributed by atoms with E-state index in [-0.39, 0.29) is 5.92 Å². The van der Waals surface area contributed by atoms with Crippen LogP contribution in [0.4, 0.5) is 0 Å². The molecule has 5 atom stereocenters. The molecule has 0 bridgehead atoms.